The predicted octanol–water partition coefficient (Wildman–Crippen LogP) is 1.45. The van der Waals surface area contributed by atoms with E-state index in [1.165, 1.54) is 5.69 Å². The van der Waals surface area contributed by atoms with Gasteiger partial charge in [0.25, 0.3) is 0 Å². The number of rotatable bonds is 2. The molecule has 0 bridgehead atoms. The van der Waals surface area contributed by atoms with E-state index in [2.05, 4.69) is 32.1 Å². The molecule has 1 saturated heterocycles. The van der Waals surface area contributed by atoms with Crippen LogP contribution in [0, 0.1) is 0 Å². The van der Waals surface area contributed by atoms with Gasteiger partial charge in [-0.3, -0.25) is 0 Å². The summed E-state index contributed by atoms with van der Waals surface area (Å²) in [5, 5.41) is 9.01. The van der Waals surface area contributed by atoms with Gasteiger partial charge in [-0.05, 0) is 24.3 Å². The molecule has 1 aromatic carbocycles. The molecular weight excluding hydrogens is 246 g/mol. The van der Waals surface area contributed by atoms with Crippen molar-refractivity contribution in [3.63, 3.8) is 0 Å². The molecule has 0 atom stereocenters. The summed E-state index contributed by atoms with van der Waals surface area (Å²) in [6.45, 7) is 3.98. The molecular formula is C12H15N5S. The van der Waals surface area contributed by atoms with Crippen molar-refractivity contribution in [2.24, 2.45) is 0 Å². The molecule has 3 rings (SSSR count). The normalized spacial score (nSPS) is 16.0. The van der Waals surface area contributed by atoms with Crippen LogP contribution < -0.4 is 15.5 Å². The summed E-state index contributed by atoms with van der Waals surface area (Å²) in [5.41, 5.74) is 9.53. The monoisotopic (exact) mass is 261 g/mol. The third-order valence-corrected chi connectivity index (χ3v) is 3.91. The Morgan fingerprint density at radius 2 is 1.67 bits per heavy atom. The van der Waals surface area contributed by atoms with Crippen molar-refractivity contribution in [3.8, 4) is 0 Å². The van der Waals surface area contributed by atoms with Gasteiger partial charge >= 0.3 is 0 Å². The first-order chi connectivity index (χ1) is 8.83. The summed E-state index contributed by atoms with van der Waals surface area (Å²) in [5.74, 6) is 0. The lowest BCUT2D eigenvalue weighted by atomic mass is 10.2. The predicted molar refractivity (Wildman–Crippen MR) is 75.2 cm³/mol. The lowest BCUT2D eigenvalue weighted by molar-refractivity contribution is 0.650. The summed E-state index contributed by atoms with van der Waals surface area (Å²) in [6.07, 6.45) is 0. The second-order valence-corrected chi connectivity index (χ2v) is 5.10. The van der Waals surface area contributed by atoms with Crippen molar-refractivity contribution in [3.05, 3.63) is 29.8 Å². The number of nitrogens with two attached hydrogens (primary N) is 1. The largest absolute Gasteiger partial charge is 0.399 e. The molecule has 5 nitrogen and oxygen atoms in total. The molecule has 0 radical (unpaired) electrons. The maximum Gasteiger partial charge on any atom is 0.208 e. The van der Waals surface area contributed by atoms with Crippen molar-refractivity contribution in [2.45, 2.75) is 0 Å². The highest BCUT2D eigenvalue weighted by Crippen LogP contribution is 2.21. The average Bonchev–Trinajstić information content (AvgIpc) is 2.94. The number of nitrogens with zero attached hydrogens (tertiary/aromatic N) is 4. The number of anilines is 3. The van der Waals surface area contributed by atoms with E-state index < -0.39 is 0 Å². The van der Waals surface area contributed by atoms with Gasteiger partial charge in [-0.1, -0.05) is 11.3 Å². The Hall–Kier alpha value is -1.82. The Labute approximate surface area is 110 Å². The van der Waals surface area contributed by atoms with Crippen LogP contribution >= 0.6 is 11.3 Å². The van der Waals surface area contributed by atoms with Crippen LogP contribution in [0.1, 0.15) is 0 Å². The van der Waals surface area contributed by atoms with Crippen LogP contribution in [0.5, 0.6) is 0 Å². The number of hydrogen-bond acceptors (Lipinski definition) is 6. The van der Waals surface area contributed by atoms with E-state index in [-0.39, 0.29) is 0 Å². The minimum atomic E-state index is 0.811. The number of benzene rings is 1. The van der Waals surface area contributed by atoms with Crippen LogP contribution in [0.4, 0.5) is 16.5 Å². The van der Waals surface area contributed by atoms with E-state index in [4.69, 9.17) is 5.73 Å². The molecule has 0 aliphatic carbocycles. The van der Waals surface area contributed by atoms with E-state index in [0.717, 1.165) is 37.0 Å². The Bertz CT molecular complexity index is 488. The standard InChI is InChI=1S/C12H15N5S/c13-10-1-3-11(4-2-10)16-5-7-17(8-6-16)12-15-14-9-18-12/h1-4,9H,5-8,13H2. The number of aromatic nitrogens is 2. The maximum absolute atomic E-state index is 5.70. The van der Waals surface area contributed by atoms with E-state index in [0.29, 0.717) is 0 Å². The first kappa shape index (κ1) is 11.3. The third-order valence-electron chi connectivity index (χ3n) is 3.16. The third kappa shape index (κ3) is 2.24. The van der Waals surface area contributed by atoms with Gasteiger partial charge in [0.05, 0.1) is 0 Å². The molecule has 0 spiro atoms. The summed E-state index contributed by atoms with van der Waals surface area (Å²) >= 11 is 1.60. The molecule has 2 aromatic rings. The molecule has 6 heteroatoms. The highest BCUT2D eigenvalue weighted by Gasteiger charge is 2.19. The minimum Gasteiger partial charge on any atom is -0.399 e. The van der Waals surface area contributed by atoms with Crippen LogP contribution in [-0.2, 0) is 0 Å². The molecule has 0 unspecified atom stereocenters. The zero-order valence-corrected chi connectivity index (χ0v) is 10.8. The summed E-state index contributed by atoms with van der Waals surface area (Å²) in [6, 6.07) is 8.06. The van der Waals surface area contributed by atoms with E-state index in [9.17, 15) is 0 Å². The fourth-order valence-corrected chi connectivity index (χ4v) is 2.76. The summed E-state index contributed by atoms with van der Waals surface area (Å²) in [4.78, 5) is 4.66. The molecule has 2 N–H and O–H groups in total. The van der Waals surface area contributed by atoms with Gasteiger partial charge < -0.3 is 15.5 Å². The number of nitrogen functional groups attached to an aromatic ring is 1. The van der Waals surface area contributed by atoms with Crippen LogP contribution in [0.15, 0.2) is 29.8 Å². The van der Waals surface area contributed by atoms with E-state index in [1.807, 2.05) is 12.1 Å². The molecule has 0 amide bonds. The first-order valence-electron chi connectivity index (χ1n) is 5.94. The lowest BCUT2D eigenvalue weighted by Crippen LogP contribution is -2.46. The van der Waals surface area contributed by atoms with E-state index >= 15 is 0 Å². The van der Waals surface area contributed by atoms with Crippen molar-refractivity contribution in [2.75, 3.05) is 41.7 Å². The second kappa shape index (κ2) is 4.81. The Kier molecular flexibility index (Phi) is 3.02. The van der Waals surface area contributed by atoms with Crippen LogP contribution in [0.25, 0.3) is 0 Å². The molecule has 2 heterocycles. The van der Waals surface area contributed by atoms with Gasteiger partial charge in [0.2, 0.25) is 5.13 Å². The fourth-order valence-electron chi connectivity index (χ4n) is 2.15. The van der Waals surface area contributed by atoms with Crippen LogP contribution in [0.3, 0.4) is 0 Å². The molecule has 1 aliphatic rings. The van der Waals surface area contributed by atoms with E-state index in [1.54, 1.807) is 16.8 Å². The SMILES string of the molecule is Nc1ccc(N2CCN(c3nncs3)CC2)cc1. The van der Waals surface area contributed by atoms with Gasteiger partial charge in [0.1, 0.15) is 5.51 Å². The molecule has 1 aliphatic heterocycles. The topological polar surface area (TPSA) is 58.3 Å². The van der Waals surface area contributed by atoms with Crippen molar-refractivity contribution in [1.82, 2.24) is 10.2 Å². The average molecular weight is 261 g/mol. The van der Waals surface area contributed by atoms with Crippen molar-refractivity contribution in [1.29, 1.82) is 0 Å². The summed E-state index contributed by atoms with van der Waals surface area (Å²) in [7, 11) is 0. The highest BCUT2D eigenvalue weighted by molar-refractivity contribution is 7.13. The van der Waals surface area contributed by atoms with Gasteiger partial charge in [0, 0.05) is 37.6 Å². The number of piperazine rings is 1. The minimum absolute atomic E-state index is 0.811. The first-order valence-corrected chi connectivity index (χ1v) is 6.82. The zero-order chi connectivity index (χ0) is 12.4. The Morgan fingerprint density at radius 1 is 1.00 bits per heavy atom. The molecule has 0 saturated carbocycles. The quantitative estimate of drug-likeness (QED) is 0.829. The molecule has 1 fully saturated rings. The molecule has 1 aromatic heterocycles. The van der Waals surface area contributed by atoms with Crippen LogP contribution in [-0.4, -0.2) is 36.4 Å². The van der Waals surface area contributed by atoms with Crippen molar-refractivity contribution >= 4 is 27.8 Å². The zero-order valence-electron chi connectivity index (χ0n) is 9.99. The molecule has 18 heavy (non-hydrogen) atoms. The highest BCUT2D eigenvalue weighted by atomic mass is 32.1. The van der Waals surface area contributed by atoms with Gasteiger partial charge in [-0.25, -0.2) is 0 Å². The fraction of sp³-hybridized carbons (Fsp3) is 0.333. The van der Waals surface area contributed by atoms with Crippen molar-refractivity contribution < 1.29 is 0 Å². The maximum atomic E-state index is 5.70. The number of hydrogen-bond donors (Lipinski definition) is 1. The second-order valence-electron chi connectivity index (χ2n) is 4.29. The van der Waals surface area contributed by atoms with Gasteiger partial charge in [-0.2, -0.15) is 0 Å². The Morgan fingerprint density at radius 3 is 2.28 bits per heavy atom. The molecule has 94 valence electrons. The van der Waals surface area contributed by atoms with Crippen LogP contribution in [0.2, 0.25) is 0 Å². The Balaban J connectivity index is 1.65. The van der Waals surface area contributed by atoms with Gasteiger partial charge in [-0.15, -0.1) is 10.2 Å². The smallest absolute Gasteiger partial charge is 0.208 e. The summed E-state index contributed by atoms with van der Waals surface area (Å²) < 4.78 is 0. The lowest BCUT2D eigenvalue weighted by Gasteiger charge is -2.35. The van der Waals surface area contributed by atoms with Gasteiger partial charge in [0.15, 0.2) is 0 Å².